The van der Waals surface area contributed by atoms with E-state index in [1.807, 2.05) is 24.3 Å². The lowest BCUT2D eigenvalue weighted by atomic mass is 9.78. The van der Waals surface area contributed by atoms with Crippen molar-refractivity contribution in [2.45, 2.75) is 64.0 Å². The fraction of sp³-hybridized carbons (Fsp3) is 0.387. The van der Waals surface area contributed by atoms with Crippen LogP contribution in [-0.2, 0) is 4.79 Å². The summed E-state index contributed by atoms with van der Waals surface area (Å²) in [5.74, 6) is -0.310. The van der Waals surface area contributed by atoms with Crippen LogP contribution in [0.15, 0.2) is 72.8 Å². The predicted octanol–water partition coefficient (Wildman–Crippen LogP) is 7.53. The maximum absolute atomic E-state index is 13.5. The molecule has 3 aromatic carbocycles. The molecule has 6 heteroatoms. The minimum atomic E-state index is -0.790. The maximum atomic E-state index is 13.5. The fourth-order valence-corrected chi connectivity index (χ4v) is 4.95. The normalized spacial score (nSPS) is 17.9. The van der Waals surface area contributed by atoms with Gasteiger partial charge in [-0.05, 0) is 78.9 Å². The van der Waals surface area contributed by atoms with Gasteiger partial charge in [-0.1, -0.05) is 56.9 Å². The van der Waals surface area contributed by atoms with Crippen molar-refractivity contribution in [2.75, 3.05) is 11.5 Å². The van der Waals surface area contributed by atoms with E-state index in [4.69, 9.17) is 4.74 Å². The lowest BCUT2D eigenvalue weighted by Crippen LogP contribution is -2.55. The summed E-state index contributed by atoms with van der Waals surface area (Å²) in [5, 5.41) is 10.6. The van der Waals surface area contributed by atoms with Gasteiger partial charge >= 0.3 is 0 Å². The summed E-state index contributed by atoms with van der Waals surface area (Å²) in [6.07, 6.45) is 5.93. The van der Waals surface area contributed by atoms with E-state index in [-0.39, 0.29) is 29.5 Å². The van der Waals surface area contributed by atoms with Crippen molar-refractivity contribution >= 4 is 11.6 Å². The highest BCUT2D eigenvalue weighted by Crippen LogP contribution is 2.46. The van der Waals surface area contributed by atoms with Crippen LogP contribution in [0.5, 0.6) is 5.75 Å². The molecule has 1 amide bonds. The first-order valence-electron chi connectivity index (χ1n) is 13.2. The Morgan fingerprint density at radius 1 is 0.865 bits per heavy atom. The molecule has 4 nitrogen and oxygen atoms in total. The average molecular weight is 508 g/mol. The van der Waals surface area contributed by atoms with E-state index in [1.165, 1.54) is 43.5 Å². The summed E-state index contributed by atoms with van der Waals surface area (Å²) in [6.45, 7) is 2.87. The summed E-state index contributed by atoms with van der Waals surface area (Å²) in [6, 6.07) is 19.3. The zero-order chi connectivity index (χ0) is 26.2. The maximum Gasteiger partial charge on any atom is 0.233 e. The quantitative estimate of drug-likeness (QED) is 0.192. The Morgan fingerprint density at radius 3 is 2.14 bits per heavy atom. The van der Waals surface area contributed by atoms with E-state index in [0.29, 0.717) is 30.7 Å². The largest absolute Gasteiger partial charge is 0.494 e. The van der Waals surface area contributed by atoms with Gasteiger partial charge < -0.3 is 14.7 Å². The van der Waals surface area contributed by atoms with Crippen LogP contribution in [0.25, 0.3) is 0 Å². The summed E-state index contributed by atoms with van der Waals surface area (Å²) in [5.41, 5.74) is 2.22. The monoisotopic (exact) mass is 507 g/mol. The van der Waals surface area contributed by atoms with Crippen LogP contribution in [-0.4, -0.2) is 17.6 Å². The standard InChI is InChI=1S/C31H35F2NO3/c1-2-3-4-5-6-21-37-27-17-9-23(10-18-27)30-28(19-20-29(35)22-7-11-24(32)12-8-22)31(36)34(30)26-15-13-25(33)14-16-26/h7-18,28-30,35H,2-6,19-21H2,1H3. The number of aliphatic hydroxyl groups is 1. The predicted molar refractivity (Wildman–Crippen MR) is 141 cm³/mol. The summed E-state index contributed by atoms with van der Waals surface area (Å²) < 4.78 is 32.7. The molecule has 4 rings (SSSR count). The Bertz CT molecular complexity index is 1130. The molecule has 1 aliphatic heterocycles. The van der Waals surface area contributed by atoms with Gasteiger partial charge in [0, 0.05) is 5.69 Å². The van der Waals surface area contributed by atoms with Gasteiger partial charge in [0.1, 0.15) is 17.4 Å². The number of halogens is 2. The molecule has 0 aromatic heterocycles. The minimum absolute atomic E-state index is 0.0599. The van der Waals surface area contributed by atoms with Crippen molar-refractivity contribution in [2.24, 2.45) is 5.92 Å². The van der Waals surface area contributed by atoms with Gasteiger partial charge in [0.2, 0.25) is 5.91 Å². The SMILES string of the molecule is CCCCCCCOc1ccc(C2C(CCC(O)c3ccc(F)cc3)C(=O)N2c2ccc(F)cc2)cc1. The van der Waals surface area contributed by atoms with Crippen molar-refractivity contribution < 1.29 is 23.4 Å². The number of ether oxygens (including phenoxy) is 1. The highest BCUT2D eigenvalue weighted by molar-refractivity contribution is 6.03. The Labute approximate surface area is 217 Å². The van der Waals surface area contributed by atoms with Gasteiger partial charge in [-0.25, -0.2) is 8.78 Å². The second-order valence-electron chi connectivity index (χ2n) is 9.71. The van der Waals surface area contributed by atoms with Gasteiger partial charge in [-0.2, -0.15) is 0 Å². The van der Waals surface area contributed by atoms with Gasteiger partial charge in [0.15, 0.2) is 0 Å². The molecule has 3 unspecified atom stereocenters. The fourth-order valence-electron chi connectivity index (χ4n) is 4.95. The lowest BCUT2D eigenvalue weighted by Gasteiger charge is -2.48. The number of hydrogen-bond acceptors (Lipinski definition) is 3. The van der Waals surface area contributed by atoms with Gasteiger partial charge in [-0.15, -0.1) is 0 Å². The van der Waals surface area contributed by atoms with Crippen LogP contribution in [0.1, 0.15) is 75.1 Å². The molecule has 1 saturated heterocycles. The third-order valence-corrected chi connectivity index (χ3v) is 7.06. The summed E-state index contributed by atoms with van der Waals surface area (Å²) >= 11 is 0. The topological polar surface area (TPSA) is 49.8 Å². The number of amides is 1. The molecule has 1 aliphatic rings. The first-order valence-corrected chi connectivity index (χ1v) is 13.2. The number of carbonyl (C=O) groups excluding carboxylic acids is 1. The van der Waals surface area contributed by atoms with Crippen LogP contribution in [0.2, 0.25) is 0 Å². The van der Waals surface area contributed by atoms with Crippen LogP contribution in [0, 0.1) is 17.6 Å². The Morgan fingerprint density at radius 2 is 1.49 bits per heavy atom. The molecule has 0 aliphatic carbocycles. The number of benzene rings is 3. The second kappa shape index (κ2) is 12.8. The Kier molecular flexibility index (Phi) is 9.29. The third kappa shape index (κ3) is 6.75. The molecule has 1 heterocycles. The first kappa shape index (κ1) is 26.8. The third-order valence-electron chi connectivity index (χ3n) is 7.06. The van der Waals surface area contributed by atoms with Crippen molar-refractivity contribution in [3.8, 4) is 5.75 Å². The highest BCUT2D eigenvalue weighted by atomic mass is 19.1. The number of nitrogens with zero attached hydrogens (tertiary/aromatic N) is 1. The molecule has 0 bridgehead atoms. The lowest BCUT2D eigenvalue weighted by molar-refractivity contribution is -0.131. The molecule has 3 atom stereocenters. The molecular formula is C31H35F2NO3. The molecule has 0 saturated carbocycles. The zero-order valence-electron chi connectivity index (χ0n) is 21.3. The van der Waals surface area contributed by atoms with Gasteiger partial charge in [0.25, 0.3) is 0 Å². The second-order valence-corrected chi connectivity index (χ2v) is 9.71. The van der Waals surface area contributed by atoms with Crippen molar-refractivity contribution in [3.05, 3.63) is 95.6 Å². The summed E-state index contributed by atoms with van der Waals surface area (Å²) in [4.78, 5) is 14.9. The average Bonchev–Trinajstić information content (AvgIpc) is 2.91. The Hall–Kier alpha value is -3.25. The molecule has 37 heavy (non-hydrogen) atoms. The van der Waals surface area contributed by atoms with E-state index in [0.717, 1.165) is 24.2 Å². The van der Waals surface area contributed by atoms with Crippen molar-refractivity contribution in [1.29, 1.82) is 0 Å². The van der Waals surface area contributed by atoms with E-state index in [2.05, 4.69) is 6.92 Å². The van der Waals surface area contributed by atoms with Crippen LogP contribution in [0.3, 0.4) is 0 Å². The molecule has 0 radical (unpaired) electrons. The van der Waals surface area contributed by atoms with E-state index < -0.39 is 6.10 Å². The highest BCUT2D eigenvalue weighted by Gasteiger charge is 2.48. The van der Waals surface area contributed by atoms with Crippen molar-refractivity contribution in [3.63, 3.8) is 0 Å². The number of unbranched alkanes of at least 4 members (excludes halogenated alkanes) is 4. The number of anilines is 1. The summed E-state index contributed by atoms with van der Waals surface area (Å²) in [7, 11) is 0. The first-order chi connectivity index (χ1) is 18.0. The van der Waals surface area contributed by atoms with Crippen LogP contribution >= 0.6 is 0 Å². The van der Waals surface area contributed by atoms with E-state index in [9.17, 15) is 18.7 Å². The number of rotatable bonds is 13. The smallest absolute Gasteiger partial charge is 0.233 e. The molecule has 196 valence electrons. The minimum Gasteiger partial charge on any atom is -0.494 e. The molecule has 1 N–H and O–H groups in total. The van der Waals surface area contributed by atoms with Crippen LogP contribution < -0.4 is 9.64 Å². The molecule has 0 spiro atoms. The number of hydrogen-bond donors (Lipinski definition) is 1. The zero-order valence-corrected chi connectivity index (χ0v) is 21.3. The number of aliphatic hydroxyl groups excluding tert-OH is 1. The Balaban J connectivity index is 1.44. The van der Waals surface area contributed by atoms with E-state index in [1.54, 1.807) is 29.2 Å². The van der Waals surface area contributed by atoms with Crippen molar-refractivity contribution in [1.82, 2.24) is 0 Å². The number of β-lactam (4-membered cyclic amide) rings is 1. The van der Waals surface area contributed by atoms with Crippen LogP contribution in [0.4, 0.5) is 14.5 Å². The van der Waals surface area contributed by atoms with E-state index >= 15 is 0 Å². The molecule has 3 aromatic rings. The van der Waals surface area contributed by atoms with Gasteiger partial charge in [-0.3, -0.25) is 4.79 Å². The molecular weight excluding hydrogens is 472 g/mol. The number of carbonyl (C=O) groups is 1. The van der Waals surface area contributed by atoms with Gasteiger partial charge in [0.05, 0.1) is 24.7 Å². The molecule has 1 fully saturated rings.